The molecule has 19 heavy (non-hydrogen) atoms. The summed E-state index contributed by atoms with van der Waals surface area (Å²) in [6.07, 6.45) is -5.47. The van der Waals surface area contributed by atoms with Crippen LogP contribution in [0.5, 0.6) is 0 Å². The summed E-state index contributed by atoms with van der Waals surface area (Å²) >= 11 is 0. The molecule has 6 nitrogen and oxygen atoms in total. The summed E-state index contributed by atoms with van der Waals surface area (Å²) in [5.74, 6) is -0.278. The van der Waals surface area contributed by atoms with Gasteiger partial charge in [0.2, 0.25) is 5.91 Å². The van der Waals surface area contributed by atoms with Crippen molar-refractivity contribution >= 4 is 23.5 Å². The molecule has 0 aliphatic carbocycles. The number of rotatable bonds is 3. The van der Waals surface area contributed by atoms with Crippen LogP contribution in [0.15, 0.2) is 18.3 Å². The van der Waals surface area contributed by atoms with Crippen LogP contribution in [-0.4, -0.2) is 34.8 Å². The molecule has 0 fully saturated rings. The molecule has 0 bridgehead atoms. The lowest BCUT2D eigenvalue weighted by molar-refractivity contribution is -0.119. The molecule has 0 aliphatic heterocycles. The number of aromatic nitrogens is 1. The van der Waals surface area contributed by atoms with Gasteiger partial charge in [-0.3, -0.25) is 9.69 Å². The number of halogens is 3. The van der Waals surface area contributed by atoms with Gasteiger partial charge in [-0.2, -0.15) is 13.2 Å². The van der Waals surface area contributed by atoms with Crippen LogP contribution in [0.25, 0.3) is 0 Å². The highest BCUT2D eigenvalue weighted by atomic mass is 19.4. The maximum absolute atomic E-state index is 12.2. The molecule has 1 aromatic rings. The first-order valence-electron chi connectivity index (χ1n) is 5.00. The molecule has 104 valence electrons. The maximum Gasteiger partial charge on any atom is 0.412 e. The Labute approximate surface area is 105 Å². The molecule has 0 unspecified atom stereocenters. The summed E-state index contributed by atoms with van der Waals surface area (Å²) in [6, 6.07) is 2.33. The molecule has 1 rings (SSSR count). The molecular weight excluding hydrogens is 267 g/mol. The van der Waals surface area contributed by atoms with E-state index in [1.807, 2.05) is 0 Å². The number of nitrogens with one attached hydrogen (secondary N) is 1. The molecule has 0 atom stereocenters. The Morgan fingerprint density at radius 1 is 1.42 bits per heavy atom. The molecule has 0 saturated carbocycles. The normalized spacial score (nSPS) is 10.9. The molecule has 0 radical (unpaired) electrons. The van der Waals surface area contributed by atoms with Crippen molar-refractivity contribution < 1.29 is 27.9 Å². The van der Waals surface area contributed by atoms with E-state index >= 15 is 0 Å². The Morgan fingerprint density at radius 2 is 2.05 bits per heavy atom. The number of carboxylic acid groups (broad SMARTS) is 1. The first kappa shape index (κ1) is 14.7. The number of alkyl halides is 3. The molecule has 1 aromatic heterocycles. The monoisotopic (exact) mass is 277 g/mol. The van der Waals surface area contributed by atoms with Crippen molar-refractivity contribution in [3.05, 3.63) is 18.3 Å². The first-order chi connectivity index (χ1) is 8.69. The van der Waals surface area contributed by atoms with Gasteiger partial charge >= 0.3 is 12.3 Å². The Kier molecular flexibility index (Phi) is 4.30. The van der Waals surface area contributed by atoms with Crippen LogP contribution in [0.2, 0.25) is 0 Å². The second-order valence-electron chi connectivity index (χ2n) is 3.57. The van der Waals surface area contributed by atoms with E-state index < -0.39 is 24.7 Å². The van der Waals surface area contributed by atoms with E-state index in [1.165, 1.54) is 13.0 Å². The highest BCUT2D eigenvalue weighted by Gasteiger charge is 2.34. The summed E-state index contributed by atoms with van der Waals surface area (Å²) in [5, 5.41) is 11.0. The van der Waals surface area contributed by atoms with Crippen molar-refractivity contribution in [3.8, 4) is 0 Å². The molecule has 9 heteroatoms. The predicted molar refractivity (Wildman–Crippen MR) is 60.0 cm³/mol. The second-order valence-corrected chi connectivity index (χ2v) is 3.57. The number of anilines is 2. The number of pyridine rings is 1. The average Bonchev–Trinajstić information content (AvgIpc) is 2.25. The van der Waals surface area contributed by atoms with E-state index in [1.54, 1.807) is 0 Å². The zero-order chi connectivity index (χ0) is 14.6. The summed E-state index contributed by atoms with van der Waals surface area (Å²) in [5.41, 5.74) is -0.237. The lowest BCUT2D eigenvalue weighted by Crippen LogP contribution is -2.38. The predicted octanol–water partition coefficient (Wildman–Crippen LogP) is 2.09. The molecule has 1 heterocycles. The van der Waals surface area contributed by atoms with Crippen molar-refractivity contribution in [2.75, 3.05) is 16.8 Å². The molecule has 0 saturated heterocycles. The molecule has 2 amide bonds. The molecule has 0 aliphatic rings. The summed E-state index contributed by atoms with van der Waals surface area (Å²) in [4.78, 5) is 25.3. The van der Waals surface area contributed by atoms with Gasteiger partial charge in [0.05, 0.1) is 11.9 Å². The maximum atomic E-state index is 12.2. The second kappa shape index (κ2) is 5.55. The van der Waals surface area contributed by atoms with Crippen LogP contribution < -0.4 is 10.2 Å². The Bertz CT molecular complexity index is 473. The Morgan fingerprint density at radius 3 is 2.42 bits per heavy atom. The van der Waals surface area contributed by atoms with Crippen LogP contribution in [0.4, 0.5) is 29.5 Å². The number of hydrogen-bond acceptors (Lipinski definition) is 3. The Hall–Kier alpha value is -2.32. The fraction of sp³-hybridized carbons (Fsp3) is 0.300. The van der Waals surface area contributed by atoms with E-state index in [2.05, 4.69) is 10.3 Å². The molecule has 0 spiro atoms. The first-order valence-corrected chi connectivity index (χ1v) is 5.00. The third-order valence-corrected chi connectivity index (χ3v) is 1.93. The minimum atomic E-state index is -4.66. The van der Waals surface area contributed by atoms with Gasteiger partial charge in [-0.25, -0.2) is 9.78 Å². The lowest BCUT2D eigenvalue weighted by atomic mass is 10.3. The highest BCUT2D eigenvalue weighted by Crippen LogP contribution is 2.22. The molecule has 0 aromatic carbocycles. The minimum absolute atomic E-state index is 0.116. The van der Waals surface area contributed by atoms with Crippen molar-refractivity contribution in [2.24, 2.45) is 0 Å². The molecular formula is C10H10F3N3O3. The quantitative estimate of drug-likeness (QED) is 0.886. The number of carbonyl (C=O) groups is 2. The fourth-order valence-electron chi connectivity index (χ4n) is 1.25. The highest BCUT2D eigenvalue weighted by molar-refractivity contribution is 5.88. The average molecular weight is 277 g/mol. The van der Waals surface area contributed by atoms with Crippen molar-refractivity contribution in [1.29, 1.82) is 0 Å². The smallest absolute Gasteiger partial charge is 0.412 e. The van der Waals surface area contributed by atoms with Gasteiger partial charge in [0, 0.05) is 6.92 Å². The lowest BCUT2D eigenvalue weighted by Gasteiger charge is -2.20. The van der Waals surface area contributed by atoms with Crippen LogP contribution in [-0.2, 0) is 4.79 Å². The van der Waals surface area contributed by atoms with E-state index in [0.717, 1.165) is 12.3 Å². The third kappa shape index (κ3) is 4.82. The zero-order valence-corrected chi connectivity index (χ0v) is 9.73. The van der Waals surface area contributed by atoms with E-state index in [-0.39, 0.29) is 16.4 Å². The van der Waals surface area contributed by atoms with Crippen LogP contribution in [0.1, 0.15) is 6.92 Å². The number of nitrogens with zero attached hydrogens (tertiary/aromatic N) is 2. The largest absolute Gasteiger partial charge is 0.465 e. The SMILES string of the molecule is CC(=O)Nc1ccc(N(CC(F)(F)F)C(=O)O)cn1. The third-order valence-electron chi connectivity index (χ3n) is 1.93. The van der Waals surface area contributed by atoms with Gasteiger partial charge in [0.25, 0.3) is 0 Å². The number of amides is 2. The topological polar surface area (TPSA) is 82.5 Å². The summed E-state index contributed by atoms with van der Waals surface area (Å²) in [7, 11) is 0. The van der Waals surface area contributed by atoms with Gasteiger partial charge in [-0.15, -0.1) is 0 Å². The molecule has 2 N–H and O–H groups in total. The Balaban J connectivity index is 2.92. The van der Waals surface area contributed by atoms with Gasteiger partial charge in [-0.05, 0) is 12.1 Å². The standard InChI is InChI=1S/C10H10F3N3O3/c1-6(17)15-8-3-2-7(4-14-8)16(9(18)19)5-10(11,12)13/h2-4H,5H2,1H3,(H,18,19)(H,14,15,17). The fourth-order valence-corrected chi connectivity index (χ4v) is 1.25. The van der Waals surface area contributed by atoms with Gasteiger partial charge in [0.15, 0.2) is 0 Å². The van der Waals surface area contributed by atoms with Gasteiger partial charge in [-0.1, -0.05) is 0 Å². The number of carbonyl (C=O) groups excluding carboxylic acids is 1. The van der Waals surface area contributed by atoms with E-state index in [9.17, 15) is 22.8 Å². The van der Waals surface area contributed by atoms with Crippen molar-refractivity contribution in [3.63, 3.8) is 0 Å². The van der Waals surface area contributed by atoms with Crippen molar-refractivity contribution in [2.45, 2.75) is 13.1 Å². The number of hydrogen-bond donors (Lipinski definition) is 2. The van der Waals surface area contributed by atoms with E-state index in [0.29, 0.717) is 0 Å². The van der Waals surface area contributed by atoms with Crippen LogP contribution in [0, 0.1) is 0 Å². The van der Waals surface area contributed by atoms with E-state index in [4.69, 9.17) is 5.11 Å². The van der Waals surface area contributed by atoms with Gasteiger partial charge in [0.1, 0.15) is 12.4 Å². The summed E-state index contributed by atoms with van der Waals surface area (Å²) in [6.45, 7) is -0.397. The van der Waals surface area contributed by atoms with Crippen molar-refractivity contribution in [1.82, 2.24) is 4.98 Å². The van der Waals surface area contributed by atoms with Gasteiger partial charge < -0.3 is 10.4 Å². The minimum Gasteiger partial charge on any atom is -0.465 e. The zero-order valence-electron chi connectivity index (χ0n) is 9.73. The summed E-state index contributed by atoms with van der Waals surface area (Å²) < 4.78 is 36.7. The van der Waals surface area contributed by atoms with Crippen LogP contribution >= 0.6 is 0 Å². The van der Waals surface area contributed by atoms with Crippen LogP contribution in [0.3, 0.4) is 0 Å².